The van der Waals surface area contributed by atoms with E-state index < -0.39 is 16.7 Å². The summed E-state index contributed by atoms with van der Waals surface area (Å²) in [6.45, 7) is 4.34. The Morgan fingerprint density at radius 3 is 2.50 bits per heavy atom. The maximum absolute atomic E-state index is 12.2. The van der Waals surface area contributed by atoms with Gasteiger partial charge in [0.05, 0.1) is 11.5 Å². The van der Waals surface area contributed by atoms with E-state index in [-0.39, 0.29) is 23.5 Å². The summed E-state index contributed by atoms with van der Waals surface area (Å²) in [6.07, 6.45) is 0. The molecule has 3 N–H and O–H groups in total. The van der Waals surface area contributed by atoms with Crippen molar-refractivity contribution in [1.29, 1.82) is 0 Å². The minimum atomic E-state index is -0.693. The molecule has 2 aromatic carbocycles. The highest BCUT2D eigenvalue weighted by molar-refractivity contribution is 5.96. The quantitative estimate of drug-likeness (QED) is 0.324. The molecule has 2 rings (SSSR count). The number of nitrogens with zero attached hydrogens (tertiary/aromatic N) is 1. The molecule has 0 spiro atoms. The van der Waals surface area contributed by atoms with Gasteiger partial charge in [-0.15, -0.1) is 0 Å². The lowest BCUT2D eigenvalue weighted by atomic mass is 10.1. The number of rotatable bonds is 9. The summed E-state index contributed by atoms with van der Waals surface area (Å²) < 4.78 is 10.3. The first-order valence-corrected chi connectivity index (χ1v) is 9.12. The second kappa shape index (κ2) is 10.8. The Morgan fingerprint density at radius 2 is 1.83 bits per heavy atom. The molecule has 0 bridgehead atoms. The molecule has 0 heterocycles. The Hall–Kier alpha value is -3.66. The van der Waals surface area contributed by atoms with Crippen LogP contribution in [0.5, 0.6) is 5.75 Å². The number of nitrogens with one attached hydrogen (secondary N) is 3. The highest BCUT2D eigenvalue weighted by Crippen LogP contribution is 2.25. The van der Waals surface area contributed by atoms with Crippen LogP contribution in [0, 0.1) is 24.0 Å². The van der Waals surface area contributed by atoms with E-state index >= 15 is 0 Å². The number of nitro groups is 1. The maximum Gasteiger partial charge on any atom is 0.293 e. The Kier molecular flexibility index (Phi) is 8.12. The van der Waals surface area contributed by atoms with Crippen molar-refractivity contribution in [2.24, 2.45) is 0 Å². The number of hydrogen-bond donors (Lipinski definition) is 3. The lowest BCUT2D eigenvalue weighted by molar-refractivity contribution is -0.384. The first kappa shape index (κ1) is 22.6. The lowest BCUT2D eigenvalue weighted by Gasteiger charge is -2.11. The second-order valence-electron chi connectivity index (χ2n) is 6.45. The highest BCUT2D eigenvalue weighted by Gasteiger charge is 2.18. The van der Waals surface area contributed by atoms with E-state index in [0.717, 1.165) is 17.2 Å². The normalized spacial score (nSPS) is 10.2. The van der Waals surface area contributed by atoms with Crippen LogP contribution in [0.3, 0.4) is 0 Å². The predicted octanol–water partition coefficient (Wildman–Crippen LogP) is 2.11. The van der Waals surface area contributed by atoms with Crippen molar-refractivity contribution in [3.05, 3.63) is 63.2 Å². The van der Waals surface area contributed by atoms with E-state index in [1.54, 1.807) is 6.07 Å². The number of benzene rings is 2. The van der Waals surface area contributed by atoms with Crippen LogP contribution in [0.1, 0.15) is 21.5 Å². The standard InChI is InChI=1S/C20H24N4O6/c1-13-4-6-16(10-14(13)2)30-12-19(25)22-23-20(26)15-5-7-17(21-8-9-29-3)18(11-15)24(27)28/h4-7,10-11,21H,8-9,12H2,1-3H3,(H,22,25)(H,23,26). The van der Waals surface area contributed by atoms with Gasteiger partial charge in [-0.1, -0.05) is 6.07 Å². The van der Waals surface area contributed by atoms with Crippen LogP contribution in [0.4, 0.5) is 11.4 Å². The molecule has 0 aliphatic carbocycles. The van der Waals surface area contributed by atoms with Gasteiger partial charge in [-0.25, -0.2) is 0 Å². The van der Waals surface area contributed by atoms with Gasteiger partial charge in [0.2, 0.25) is 0 Å². The maximum atomic E-state index is 12.2. The highest BCUT2D eigenvalue weighted by atomic mass is 16.6. The van der Waals surface area contributed by atoms with Crippen LogP contribution in [-0.4, -0.2) is 43.6 Å². The fraction of sp³-hybridized carbons (Fsp3) is 0.300. The molecule has 0 saturated heterocycles. The largest absolute Gasteiger partial charge is 0.484 e. The van der Waals surface area contributed by atoms with E-state index in [1.807, 2.05) is 26.0 Å². The molecule has 0 saturated carbocycles. The fourth-order valence-electron chi connectivity index (χ4n) is 2.45. The van der Waals surface area contributed by atoms with Crippen molar-refractivity contribution in [2.45, 2.75) is 13.8 Å². The molecule has 0 aliphatic heterocycles. The monoisotopic (exact) mass is 416 g/mol. The molecule has 0 atom stereocenters. The minimum absolute atomic E-state index is 0.0226. The zero-order valence-electron chi connectivity index (χ0n) is 17.0. The van der Waals surface area contributed by atoms with Gasteiger partial charge in [-0.3, -0.25) is 30.6 Å². The average molecular weight is 416 g/mol. The Labute approximate surface area is 173 Å². The number of hydrazine groups is 1. The van der Waals surface area contributed by atoms with Crippen LogP contribution < -0.4 is 20.9 Å². The van der Waals surface area contributed by atoms with Crippen molar-refractivity contribution >= 4 is 23.2 Å². The van der Waals surface area contributed by atoms with Crippen LogP contribution in [0.25, 0.3) is 0 Å². The van der Waals surface area contributed by atoms with E-state index in [2.05, 4.69) is 16.2 Å². The number of ether oxygens (including phenoxy) is 2. The van der Waals surface area contributed by atoms with Crippen molar-refractivity contribution in [2.75, 3.05) is 32.2 Å². The number of carbonyl (C=O) groups is 2. The van der Waals surface area contributed by atoms with Crippen molar-refractivity contribution in [1.82, 2.24) is 10.9 Å². The van der Waals surface area contributed by atoms with Gasteiger partial charge >= 0.3 is 0 Å². The summed E-state index contributed by atoms with van der Waals surface area (Å²) in [6, 6.07) is 9.40. The van der Waals surface area contributed by atoms with Gasteiger partial charge in [0.1, 0.15) is 11.4 Å². The summed E-state index contributed by atoms with van der Waals surface area (Å²) >= 11 is 0. The second-order valence-corrected chi connectivity index (χ2v) is 6.45. The molecule has 0 unspecified atom stereocenters. The first-order chi connectivity index (χ1) is 14.3. The fourth-order valence-corrected chi connectivity index (χ4v) is 2.45. The number of methoxy groups -OCH3 is 1. The molecule has 160 valence electrons. The summed E-state index contributed by atoms with van der Waals surface area (Å²) in [5.41, 5.74) is 6.59. The van der Waals surface area contributed by atoms with Crippen LogP contribution in [0.2, 0.25) is 0 Å². The van der Waals surface area contributed by atoms with E-state index in [0.29, 0.717) is 18.9 Å². The number of hydrogen-bond acceptors (Lipinski definition) is 7. The number of aryl methyl sites for hydroxylation is 2. The summed E-state index contributed by atoms with van der Waals surface area (Å²) in [5.74, 6) is -0.734. The summed E-state index contributed by atoms with van der Waals surface area (Å²) in [5, 5.41) is 14.1. The van der Waals surface area contributed by atoms with E-state index in [9.17, 15) is 19.7 Å². The topological polar surface area (TPSA) is 132 Å². The summed E-state index contributed by atoms with van der Waals surface area (Å²) in [4.78, 5) is 34.8. The Bertz CT molecular complexity index is 932. The molecule has 10 nitrogen and oxygen atoms in total. The molecular formula is C20H24N4O6. The smallest absolute Gasteiger partial charge is 0.293 e. The predicted molar refractivity (Wildman–Crippen MR) is 110 cm³/mol. The van der Waals surface area contributed by atoms with Gasteiger partial charge in [0.15, 0.2) is 6.61 Å². The molecule has 0 radical (unpaired) electrons. The third-order valence-corrected chi connectivity index (χ3v) is 4.24. The number of anilines is 1. The molecule has 0 aliphatic rings. The third kappa shape index (κ3) is 6.45. The zero-order chi connectivity index (χ0) is 22.1. The van der Waals surface area contributed by atoms with Gasteiger partial charge in [-0.2, -0.15) is 0 Å². The third-order valence-electron chi connectivity index (χ3n) is 4.24. The molecule has 0 aromatic heterocycles. The van der Waals surface area contributed by atoms with Crippen molar-refractivity contribution in [3.63, 3.8) is 0 Å². The van der Waals surface area contributed by atoms with Crippen LogP contribution in [0.15, 0.2) is 36.4 Å². The molecule has 30 heavy (non-hydrogen) atoms. The molecule has 2 amide bonds. The first-order valence-electron chi connectivity index (χ1n) is 9.12. The number of nitro benzene ring substituents is 1. The van der Waals surface area contributed by atoms with Crippen molar-refractivity contribution in [3.8, 4) is 5.75 Å². The lowest BCUT2D eigenvalue weighted by Crippen LogP contribution is -2.43. The van der Waals surface area contributed by atoms with E-state index in [1.165, 1.54) is 19.2 Å². The van der Waals surface area contributed by atoms with Crippen molar-refractivity contribution < 1.29 is 24.0 Å². The minimum Gasteiger partial charge on any atom is -0.484 e. The van der Waals surface area contributed by atoms with Crippen LogP contribution >= 0.6 is 0 Å². The Balaban J connectivity index is 1.91. The van der Waals surface area contributed by atoms with Gasteiger partial charge in [-0.05, 0) is 49.2 Å². The zero-order valence-corrected chi connectivity index (χ0v) is 17.0. The van der Waals surface area contributed by atoms with Crippen LogP contribution in [-0.2, 0) is 9.53 Å². The number of amides is 2. The van der Waals surface area contributed by atoms with E-state index in [4.69, 9.17) is 9.47 Å². The molecule has 2 aromatic rings. The molecule has 0 fully saturated rings. The molecule has 10 heteroatoms. The molecular weight excluding hydrogens is 392 g/mol. The number of carbonyl (C=O) groups excluding carboxylic acids is 2. The van der Waals surface area contributed by atoms with Gasteiger partial charge in [0.25, 0.3) is 17.5 Å². The average Bonchev–Trinajstić information content (AvgIpc) is 2.73. The summed E-state index contributed by atoms with van der Waals surface area (Å²) in [7, 11) is 1.52. The SMILES string of the molecule is COCCNc1ccc(C(=O)NNC(=O)COc2ccc(C)c(C)c2)cc1[N+](=O)[O-]. The Morgan fingerprint density at radius 1 is 1.07 bits per heavy atom. The van der Waals surface area contributed by atoms with Gasteiger partial charge < -0.3 is 14.8 Å². The van der Waals surface area contributed by atoms with Gasteiger partial charge in [0, 0.05) is 25.3 Å².